The fourth-order valence-electron chi connectivity index (χ4n) is 3.19. The number of thioether (sulfide) groups is 1. The van der Waals surface area contributed by atoms with Crippen LogP contribution in [-0.2, 0) is 11.3 Å². The second-order valence-electron chi connectivity index (χ2n) is 7.30. The molecule has 4 aromatic rings. The molecule has 0 bridgehead atoms. The van der Waals surface area contributed by atoms with E-state index < -0.39 is 5.25 Å². The van der Waals surface area contributed by atoms with Crippen LogP contribution in [0.1, 0.15) is 12.5 Å². The van der Waals surface area contributed by atoms with E-state index in [9.17, 15) is 14.0 Å². The minimum atomic E-state index is -0.604. The number of para-hydroxylation sites is 1. The molecule has 1 N–H and O–H groups in total. The number of aromatic nitrogens is 2. The van der Waals surface area contributed by atoms with Crippen molar-refractivity contribution in [3.05, 3.63) is 98.5 Å². The lowest BCUT2D eigenvalue weighted by molar-refractivity contribution is -0.115. The molecule has 1 aromatic heterocycles. The van der Waals surface area contributed by atoms with Crippen molar-refractivity contribution in [2.45, 2.75) is 23.9 Å². The molecule has 5 nitrogen and oxygen atoms in total. The Hall–Kier alpha value is -2.87. The van der Waals surface area contributed by atoms with Crippen LogP contribution in [0.3, 0.4) is 0 Å². The van der Waals surface area contributed by atoms with E-state index in [1.807, 2.05) is 0 Å². The number of amides is 1. The van der Waals surface area contributed by atoms with Gasteiger partial charge in [-0.1, -0.05) is 59.2 Å². The maximum Gasteiger partial charge on any atom is 0.262 e. The molecule has 1 atom stereocenters. The van der Waals surface area contributed by atoms with Gasteiger partial charge in [-0.05, 0) is 55.0 Å². The molecule has 0 aliphatic rings. The molecule has 1 unspecified atom stereocenters. The number of nitrogens with one attached hydrogen (secondary N) is 1. The number of benzene rings is 3. The smallest absolute Gasteiger partial charge is 0.262 e. The summed E-state index contributed by atoms with van der Waals surface area (Å²) in [6.45, 7) is 1.90. The fraction of sp³-hybridized carbons (Fsp3) is 0.125. The van der Waals surface area contributed by atoms with Crippen LogP contribution >= 0.6 is 35.0 Å². The van der Waals surface area contributed by atoms with Crippen molar-refractivity contribution in [3.8, 4) is 0 Å². The predicted molar refractivity (Wildman–Crippen MR) is 132 cm³/mol. The van der Waals surface area contributed by atoms with Crippen LogP contribution in [0.2, 0.25) is 10.0 Å². The summed E-state index contributed by atoms with van der Waals surface area (Å²) in [7, 11) is 0. The number of hydrogen-bond acceptors (Lipinski definition) is 4. The summed E-state index contributed by atoms with van der Waals surface area (Å²) in [4.78, 5) is 30.7. The molecule has 4 rings (SSSR count). The zero-order chi connectivity index (χ0) is 23.5. The van der Waals surface area contributed by atoms with E-state index in [4.69, 9.17) is 23.2 Å². The third-order valence-corrected chi connectivity index (χ3v) is 6.57. The van der Waals surface area contributed by atoms with E-state index in [0.29, 0.717) is 31.8 Å². The van der Waals surface area contributed by atoms with E-state index in [1.54, 1.807) is 61.5 Å². The first-order valence-electron chi connectivity index (χ1n) is 9.98. The van der Waals surface area contributed by atoms with E-state index in [-0.39, 0.29) is 23.8 Å². The van der Waals surface area contributed by atoms with Gasteiger partial charge in [-0.3, -0.25) is 14.2 Å². The molecule has 1 amide bonds. The molecule has 0 fully saturated rings. The van der Waals surface area contributed by atoms with Gasteiger partial charge in [0.1, 0.15) is 5.82 Å². The van der Waals surface area contributed by atoms with Gasteiger partial charge in [0.15, 0.2) is 5.16 Å². The third kappa shape index (κ3) is 5.38. The Morgan fingerprint density at radius 2 is 1.85 bits per heavy atom. The summed E-state index contributed by atoms with van der Waals surface area (Å²) in [6, 6.07) is 17.7. The van der Waals surface area contributed by atoms with Gasteiger partial charge in [0.25, 0.3) is 5.56 Å². The first kappa shape index (κ1) is 23.3. The minimum Gasteiger partial charge on any atom is -0.324 e. The highest BCUT2D eigenvalue weighted by atomic mass is 35.5. The van der Waals surface area contributed by atoms with Crippen molar-refractivity contribution in [2.24, 2.45) is 0 Å². The van der Waals surface area contributed by atoms with Gasteiger partial charge in [0.05, 0.1) is 33.4 Å². The lowest BCUT2D eigenvalue weighted by Gasteiger charge is -2.17. The molecule has 1 heterocycles. The number of carbonyl (C=O) groups excluding carboxylic acids is 1. The molecule has 168 valence electrons. The highest BCUT2D eigenvalue weighted by Crippen LogP contribution is 2.28. The minimum absolute atomic E-state index is 0.188. The molecule has 0 radical (unpaired) electrons. The second kappa shape index (κ2) is 9.95. The Labute approximate surface area is 203 Å². The van der Waals surface area contributed by atoms with E-state index in [0.717, 1.165) is 17.3 Å². The molecular weight excluding hydrogens is 484 g/mol. The van der Waals surface area contributed by atoms with Crippen molar-refractivity contribution in [2.75, 3.05) is 5.32 Å². The summed E-state index contributed by atoms with van der Waals surface area (Å²) in [6.07, 6.45) is 0. The molecule has 9 heteroatoms. The number of anilines is 1. The topological polar surface area (TPSA) is 64.0 Å². The van der Waals surface area contributed by atoms with Crippen LogP contribution < -0.4 is 10.9 Å². The molecule has 0 aliphatic carbocycles. The lowest BCUT2D eigenvalue weighted by Crippen LogP contribution is -2.27. The van der Waals surface area contributed by atoms with Crippen molar-refractivity contribution < 1.29 is 9.18 Å². The van der Waals surface area contributed by atoms with Crippen LogP contribution in [0.25, 0.3) is 10.9 Å². The van der Waals surface area contributed by atoms with Crippen molar-refractivity contribution in [1.82, 2.24) is 9.55 Å². The number of hydrogen-bond donors (Lipinski definition) is 1. The van der Waals surface area contributed by atoms with Crippen LogP contribution in [0, 0.1) is 5.82 Å². The van der Waals surface area contributed by atoms with Gasteiger partial charge < -0.3 is 5.32 Å². The lowest BCUT2D eigenvalue weighted by atomic mass is 10.2. The number of rotatable bonds is 6. The normalized spacial score (nSPS) is 12.0. The number of nitrogens with zero attached hydrogens (tertiary/aromatic N) is 2. The Bertz CT molecular complexity index is 1390. The number of fused-ring (bicyclic) bond motifs is 1. The quantitative estimate of drug-likeness (QED) is 0.259. The van der Waals surface area contributed by atoms with Gasteiger partial charge in [-0.15, -0.1) is 0 Å². The largest absolute Gasteiger partial charge is 0.324 e. The highest BCUT2D eigenvalue weighted by Gasteiger charge is 2.20. The average molecular weight is 502 g/mol. The first-order chi connectivity index (χ1) is 15.8. The van der Waals surface area contributed by atoms with Crippen molar-refractivity contribution in [3.63, 3.8) is 0 Å². The fourth-order valence-corrected chi connectivity index (χ4v) is 4.43. The van der Waals surface area contributed by atoms with Gasteiger partial charge in [-0.2, -0.15) is 0 Å². The third-order valence-electron chi connectivity index (χ3n) is 4.92. The Balaban J connectivity index is 1.66. The molecule has 0 saturated heterocycles. The van der Waals surface area contributed by atoms with Gasteiger partial charge >= 0.3 is 0 Å². The summed E-state index contributed by atoms with van der Waals surface area (Å²) in [5.41, 5.74) is 1.43. The Morgan fingerprint density at radius 3 is 2.61 bits per heavy atom. The molecule has 0 aliphatic heterocycles. The Morgan fingerprint density at radius 1 is 1.12 bits per heavy atom. The van der Waals surface area contributed by atoms with E-state index in [2.05, 4.69) is 10.3 Å². The van der Waals surface area contributed by atoms with E-state index >= 15 is 0 Å². The molecule has 0 saturated carbocycles. The summed E-state index contributed by atoms with van der Waals surface area (Å²) in [5, 5.41) is 3.81. The highest BCUT2D eigenvalue weighted by molar-refractivity contribution is 8.00. The molecule has 3 aromatic carbocycles. The maximum absolute atomic E-state index is 13.3. The van der Waals surface area contributed by atoms with E-state index in [1.165, 1.54) is 16.7 Å². The molecule has 33 heavy (non-hydrogen) atoms. The molecular formula is C24H18Cl2FN3O2S. The first-order valence-corrected chi connectivity index (χ1v) is 11.6. The summed E-state index contributed by atoms with van der Waals surface area (Å²) < 4.78 is 14.8. The summed E-state index contributed by atoms with van der Waals surface area (Å²) >= 11 is 13.3. The second-order valence-corrected chi connectivity index (χ2v) is 9.45. The Kier molecular flexibility index (Phi) is 7.02. The number of halogens is 3. The van der Waals surface area contributed by atoms with Crippen molar-refractivity contribution >= 4 is 57.5 Å². The van der Waals surface area contributed by atoms with Crippen LogP contribution in [0.5, 0.6) is 0 Å². The van der Waals surface area contributed by atoms with Crippen LogP contribution in [0.4, 0.5) is 10.1 Å². The van der Waals surface area contributed by atoms with Crippen LogP contribution in [-0.4, -0.2) is 20.7 Å². The van der Waals surface area contributed by atoms with Gasteiger partial charge in [-0.25, -0.2) is 9.37 Å². The van der Waals surface area contributed by atoms with Gasteiger partial charge in [0, 0.05) is 5.02 Å². The average Bonchev–Trinajstić information content (AvgIpc) is 2.80. The SMILES string of the molecule is CC(Sc1nc2ccccc2c(=O)n1Cc1ccc(F)cc1)C(=O)Nc1cc(Cl)ccc1Cl. The van der Waals surface area contributed by atoms with Crippen LogP contribution in [0.15, 0.2) is 76.7 Å². The maximum atomic E-state index is 13.3. The zero-order valence-electron chi connectivity index (χ0n) is 17.4. The number of carbonyl (C=O) groups is 1. The summed E-state index contributed by atoms with van der Waals surface area (Å²) in [5.74, 6) is -0.679. The van der Waals surface area contributed by atoms with Gasteiger partial charge in [0.2, 0.25) is 5.91 Å². The molecule has 0 spiro atoms. The standard InChI is InChI=1S/C24H18Cl2FN3O2S/c1-14(22(31)28-21-12-16(25)8-11-19(21)26)33-24-29-20-5-3-2-4-18(20)23(32)30(24)13-15-6-9-17(27)10-7-15/h2-12,14H,13H2,1H3,(H,28,31). The zero-order valence-corrected chi connectivity index (χ0v) is 19.7. The van der Waals surface area contributed by atoms with Crippen molar-refractivity contribution in [1.29, 1.82) is 0 Å². The monoisotopic (exact) mass is 501 g/mol. The predicted octanol–water partition coefficient (Wildman–Crippen LogP) is 6.01.